The first-order chi connectivity index (χ1) is 6.68. The van der Waals surface area contributed by atoms with Crippen molar-refractivity contribution in [3.05, 3.63) is 34.3 Å². The van der Waals surface area contributed by atoms with Gasteiger partial charge in [0.2, 0.25) is 0 Å². The molecule has 14 heavy (non-hydrogen) atoms. The summed E-state index contributed by atoms with van der Waals surface area (Å²) in [5.74, 6) is 0.571. The number of nitrogen functional groups attached to an aromatic ring is 1. The van der Waals surface area contributed by atoms with Crippen molar-refractivity contribution in [3.63, 3.8) is 0 Å². The molecule has 0 bridgehead atoms. The summed E-state index contributed by atoms with van der Waals surface area (Å²) < 4.78 is 0. The molecule has 0 atom stereocenters. The van der Waals surface area contributed by atoms with Crippen molar-refractivity contribution in [2.75, 3.05) is 5.73 Å². The Morgan fingerprint density at radius 2 is 2.29 bits per heavy atom. The molecule has 0 aliphatic carbocycles. The molecule has 0 aliphatic rings. The van der Waals surface area contributed by atoms with E-state index in [0.717, 1.165) is 21.0 Å². The van der Waals surface area contributed by atoms with Gasteiger partial charge in [-0.1, -0.05) is 11.6 Å². The second-order valence-corrected chi connectivity index (χ2v) is 4.35. The number of nitrogens with two attached hydrogens (primary N) is 1. The zero-order valence-corrected chi connectivity index (χ0v) is 9.19. The van der Waals surface area contributed by atoms with E-state index in [2.05, 4.69) is 4.98 Å². The van der Waals surface area contributed by atoms with Crippen LogP contribution in [0.1, 0.15) is 5.56 Å². The summed E-state index contributed by atoms with van der Waals surface area (Å²) in [5.41, 5.74) is 7.64. The Hall–Kier alpha value is -1.06. The molecule has 2 nitrogen and oxygen atoms in total. The van der Waals surface area contributed by atoms with Gasteiger partial charge in [-0.25, -0.2) is 4.98 Å². The molecule has 2 rings (SSSR count). The lowest BCUT2D eigenvalue weighted by molar-refractivity contribution is 1.28. The number of hydrogen-bond acceptors (Lipinski definition) is 3. The van der Waals surface area contributed by atoms with Gasteiger partial charge in [0.1, 0.15) is 5.82 Å². The Labute approximate surface area is 91.4 Å². The van der Waals surface area contributed by atoms with E-state index in [-0.39, 0.29) is 0 Å². The smallest absolute Gasteiger partial charge is 0.126 e. The molecule has 0 radical (unpaired) electrons. The van der Waals surface area contributed by atoms with Crippen molar-refractivity contribution in [3.8, 4) is 10.4 Å². The van der Waals surface area contributed by atoms with Crippen LogP contribution in [0.25, 0.3) is 10.4 Å². The predicted molar refractivity (Wildman–Crippen MR) is 61.7 cm³/mol. The molecule has 0 unspecified atom stereocenters. The minimum atomic E-state index is 0.571. The second kappa shape index (κ2) is 3.59. The molecule has 2 aromatic heterocycles. The molecular weight excluding hydrogens is 216 g/mol. The fraction of sp³-hybridized carbons (Fsp3) is 0.100. The highest BCUT2D eigenvalue weighted by Crippen LogP contribution is 2.33. The van der Waals surface area contributed by atoms with Gasteiger partial charge < -0.3 is 5.73 Å². The van der Waals surface area contributed by atoms with Crippen LogP contribution in [0.4, 0.5) is 5.82 Å². The molecule has 0 saturated heterocycles. The van der Waals surface area contributed by atoms with Crippen LogP contribution in [0, 0.1) is 6.92 Å². The van der Waals surface area contributed by atoms with E-state index >= 15 is 0 Å². The molecule has 0 amide bonds. The zero-order valence-electron chi connectivity index (χ0n) is 7.62. The minimum absolute atomic E-state index is 0.571. The maximum atomic E-state index is 6.02. The van der Waals surface area contributed by atoms with Gasteiger partial charge in [-0.3, -0.25) is 0 Å². The van der Waals surface area contributed by atoms with Gasteiger partial charge in [-0.2, -0.15) is 0 Å². The quantitative estimate of drug-likeness (QED) is 0.807. The summed E-state index contributed by atoms with van der Waals surface area (Å²) >= 11 is 7.62. The summed E-state index contributed by atoms with van der Waals surface area (Å²) in [6, 6.07) is 3.88. The van der Waals surface area contributed by atoms with Gasteiger partial charge >= 0.3 is 0 Å². The molecular formula is C10H9ClN2S. The summed E-state index contributed by atoms with van der Waals surface area (Å²) in [7, 11) is 0. The third kappa shape index (κ3) is 1.61. The van der Waals surface area contributed by atoms with Gasteiger partial charge in [0, 0.05) is 11.8 Å². The van der Waals surface area contributed by atoms with Crippen LogP contribution in [0.15, 0.2) is 23.7 Å². The molecule has 0 saturated carbocycles. The Morgan fingerprint density at radius 3 is 2.86 bits per heavy atom. The first-order valence-corrected chi connectivity index (χ1v) is 5.39. The van der Waals surface area contributed by atoms with Crippen molar-refractivity contribution < 1.29 is 0 Å². The molecule has 0 aliphatic heterocycles. The van der Waals surface area contributed by atoms with Gasteiger partial charge in [0.05, 0.1) is 9.90 Å². The topological polar surface area (TPSA) is 38.9 Å². The van der Waals surface area contributed by atoms with E-state index in [1.807, 2.05) is 24.4 Å². The van der Waals surface area contributed by atoms with E-state index in [9.17, 15) is 0 Å². The molecule has 2 heterocycles. The highest BCUT2D eigenvalue weighted by atomic mass is 35.5. The zero-order chi connectivity index (χ0) is 10.1. The van der Waals surface area contributed by atoms with E-state index in [0.29, 0.717) is 5.82 Å². The number of aromatic nitrogens is 1. The van der Waals surface area contributed by atoms with Crippen LogP contribution in [0.5, 0.6) is 0 Å². The van der Waals surface area contributed by atoms with Crippen molar-refractivity contribution in [1.82, 2.24) is 4.98 Å². The molecule has 4 heteroatoms. The Morgan fingerprint density at radius 1 is 1.50 bits per heavy atom. The van der Waals surface area contributed by atoms with Crippen LogP contribution >= 0.6 is 22.9 Å². The number of thiophene rings is 1. The largest absolute Gasteiger partial charge is 0.383 e. The maximum Gasteiger partial charge on any atom is 0.126 e. The third-order valence-electron chi connectivity index (χ3n) is 2.00. The number of aryl methyl sites for hydroxylation is 1. The van der Waals surface area contributed by atoms with Crippen LogP contribution in [-0.2, 0) is 0 Å². The van der Waals surface area contributed by atoms with Crippen molar-refractivity contribution in [2.24, 2.45) is 0 Å². The van der Waals surface area contributed by atoms with Crippen LogP contribution < -0.4 is 5.73 Å². The SMILES string of the molecule is Cc1cc(-c2sccc2Cl)cnc1N. The molecule has 0 fully saturated rings. The van der Waals surface area contributed by atoms with E-state index in [1.54, 1.807) is 17.5 Å². The number of hydrogen-bond donors (Lipinski definition) is 1. The van der Waals surface area contributed by atoms with Gasteiger partial charge in [-0.05, 0) is 30.0 Å². The molecule has 0 aromatic carbocycles. The van der Waals surface area contributed by atoms with Crippen molar-refractivity contribution in [2.45, 2.75) is 6.92 Å². The van der Waals surface area contributed by atoms with E-state index < -0.39 is 0 Å². The van der Waals surface area contributed by atoms with E-state index in [1.165, 1.54) is 0 Å². The molecule has 72 valence electrons. The number of anilines is 1. The maximum absolute atomic E-state index is 6.02. The number of rotatable bonds is 1. The Bertz CT molecular complexity index is 465. The lowest BCUT2D eigenvalue weighted by Crippen LogP contribution is -1.93. The lowest BCUT2D eigenvalue weighted by atomic mass is 10.2. The predicted octanol–water partition coefficient (Wildman–Crippen LogP) is 3.35. The number of pyridine rings is 1. The summed E-state index contributed by atoms with van der Waals surface area (Å²) in [6.07, 6.45) is 1.75. The molecule has 2 N–H and O–H groups in total. The summed E-state index contributed by atoms with van der Waals surface area (Å²) in [6.45, 7) is 1.94. The highest BCUT2D eigenvalue weighted by molar-refractivity contribution is 7.14. The van der Waals surface area contributed by atoms with Gasteiger partial charge in [0.15, 0.2) is 0 Å². The number of nitrogens with zero attached hydrogens (tertiary/aromatic N) is 1. The van der Waals surface area contributed by atoms with Crippen LogP contribution in [0.2, 0.25) is 5.02 Å². The first kappa shape index (κ1) is 9.49. The van der Waals surface area contributed by atoms with Crippen molar-refractivity contribution >= 4 is 28.8 Å². The van der Waals surface area contributed by atoms with Crippen LogP contribution in [-0.4, -0.2) is 4.98 Å². The van der Waals surface area contributed by atoms with Gasteiger partial charge in [-0.15, -0.1) is 11.3 Å². The summed E-state index contributed by atoms with van der Waals surface area (Å²) in [5, 5.41) is 2.73. The van der Waals surface area contributed by atoms with Crippen molar-refractivity contribution in [1.29, 1.82) is 0 Å². The summed E-state index contributed by atoms with van der Waals surface area (Å²) in [4.78, 5) is 5.15. The average molecular weight is 225 g/mol. The highest BCUT2D eigenvalue weighted by Gasteiger charge is 2.06. The van der Waals surface area contributed by atoms with Crippen LogP contribution in [0.3, 0.4) is 0 Å². The Balaban J connectivity index is 2.53. The average Bonchev–Trinajstić information content (AvgIpc) is 2.57. The fourth-order valence-corrected chi connectivity index (χ4v) is 2.36. The van der Waals surface area contributed by atoms with Gasteiger partial charge in [0.25, 0.3) is 0 Å². The fourth-order valence-electron chi connectivity index (χ4n) is 1.21. The standard InChI is InChI=1S/C10H9ClN2S/c1-6-4-7(5-13-10(6)12)9-8(11)2-3-14-9/h2-5H,1H3,(H2,12,13). The normalized spacial score (nSPS) is 10.4. The molecule has 2 aromatic rings. The second-order valence-electron chi connectivity index (χ2n) is 3.02. The Kier molecular flexibility index (Phi) is 2.44. The minimum Gasteiger partial charge on any atom is -0.383 e. The number of halogens is 1. The first-order valence-electron chi connectivity index (χ1n) is 4.14. The third-order valence-corrected chi connectivity index (χ3v) is 3.39. The lowest BCUT2D eigenvalue weighted by Gasteiger charge is -2.02. The van der Waals surface area contributed by atoms with E-state index in [4.69, 9.17) is 17.3 Å². The molecule has 0 spiro atoms. The monoisotopic (exact) mass is 224 g/mol.